The Morgan fingerprint density at radius 1 is 1.17 bits per heavy atom. The predicted molar refractivity (Wildman–Crippen MR) is 92.4 cm³/mol. The van der Waals surface area contributed by atoms with Gasteiger partial charge in [0, 0.05) is 11.7 Å². The molecule has 0 aliphatic carbocycles. The van der Waals surface area contributed by atoms with Crippen LogP contribution in [0.5, 0.6) is 0 Å². The lowest BCUT2D eigenvalue weighted by molar-refractivity contribution is -0.153. The van der Waals surface area contributed by atoms with E-state index in [1.807, 2.05) is 25.1 Å². The van der Waals surface area contributed by atoms with Gasteiger partial charge in [-0.2, -0.15) is 0 Å². The third kappa shape index (κ3) is 3.09. The molecule has 2 atom stereocenters. The lowest BCUT2D eigenvalue weighted by Crippen LogP contribution is -2.49. The molecule has 1 N–H and O–H groups in total. The van der Waals surface area contributed by atoms with E-state index < -0.39 is 5.41 Å². The summed E-state index contributed by atoms with van der Waals surface area (Å²) in [6.07, 6.45) is 2.54. The number of ether oxygens (including phenoxy) is 1. The zero-order chi connectivity index (χ0) is 16.3. The Balaban J connectivity index is 1.84. The summed E-state index contributed by atoms with van der Waals surface area (Å²) >= 11 is 0. The van der Waals surface area contributed by atoms with Crippen molar-refractivity contribution >= 4 is 11.7 Å². The standard InChI is InChI=1S/C20H23NO2/c1-20(19(22)23-2)14-16-10-6-7-11-17(16)21-18(20)13-12-15-8-4-3-5-9-15/h3-11,18,21H,12-14H2,1-2H3/t18-,20-/m1/s1. The maximum absolute atomic E-state index is 12.5. The number of carbonyl (C=O) groups excluding carboxylic acids is 1. The molecule has 23 heavy (non-hydrogen) atoms. The number of hydrogen-bond acceptors (Lipinski definition) is 3. The van der Waals surface area contributed by atoms with Crippen molar-refractivity contribution < 1.29 is 9.53 Å². The Morgan fingerprint density at radius 3 is 2.61 bits per heavy atom. The molecular weight excluding hydrogens is 286 g/mol. The van der Waals surface area contributed by atoms with Crippen molar-refractivity contribution in [3.05, 3.63) is 65.7 Å². The van der Waals surface area contributed by atoms with E-state index in [0.717, 1.165) is 18.5 Å². The number of esters is 1. The zero-order valence-electron chi connectivity index (χ0n) is 13.7. The van der Waals surface area contributed by atoms with Crippen LogP contribution in [0.25, 0.3) is 0 Å². The van der Waals surface area contributed by atoms with Crippen LogP contribution in [0.1, 0.15) is 24.5 Å². The summed E-state index contributed by atoms with van der Waals surface area (Å²) in [6.45, 7) is 2.01. The van der Waals surface area contributed by atoms with Crippen molar-refractivity contribution in [3.8, 4) is 0 Å². The largest absolute Gasteiger partial charge is 0.469 e. The van der Waals surface area contributed by atoms with Crippen LogP contribution in [-0.2, 0) is 22.4 Å². The highest BCUT2D eigenvalue weighted by molar-refractivity contribution is 5.80. The number of fused-ring (bicyclic) bond motifs is 1. The van der Waals surface area contributed by atoms with Gasteiger partial charge in [0.1, 0.15) is 0 Å². The van der Waals surface area contributed by atoms with E-state index >= 15 is 0 Å². The minimum absolute atomic E-state index is 0.0602. The Morgan fingerprint density at radius 2 is 1.87 bits per heavy atom. The van der Waals surface area contributed by atoms with Crippen LogP contribution in [0, 0.1) is 5.41 Å². The molecule has 0 amide bonds. The number of benzene rings is 2. The molecule has 3 rings (SSSR count). The van der Waals surface area contributed by atoms with E-state index in [2.05, 4.69) is 41.7 Å². The summed E-state index contributed by atoms with van der Waals surface area (Å²) in [7, 11) is 1.47. The number of anilines is 1. The zero-order valence-corrected chi connectivity index (χ0v) is 13.7. The summed E-state index contributed by atoms with van der Waals surface area (Å²) in [5.41, 5.74) is 3.06. The van der Waals surface area contributed by atoms with Gasteiger partial charge in [-0.1, -0.05) is 48.5 Å². The van der Waals surface area contributed by atoms with Gasteiger partial charge >= 0.3 is 5.97 Å². The van der Waals surface area contributed by atoms with Gasteiger partial charge in [0.25, 0.3) is 0 Å². The summed E-state index contributed by atoms with van der Waals surface area (Å²) in [6, 6.07) is 18.7. The Bertz CT molecular complexity index is 683. The number of hydrogen-bond donors (Lipinski definition) is 1. The summed E-state index contributed by atoms with van der Waals surface area (Å²) in [5, 5.41) is 3.57. The van der Waals surface area contributed by atoms with Crippen LogP contribution in [-0.4, -0.2) is 19.1 Å². The SMILES string of the molecule is COC(=O)[C@]1(C)Cc2ccccc2N[C@@H]1CCc1ccccc1. The van der Waals surface area contributed by atoms with Crippen molar-refractivity contribution in [1.82, 2.24) is 0 Å². The number of rotatable bonds is 4. The van der Waals surface area contributed by atoms with Gasteiger partial charge < -0.3 is 10.1 Å². The van der Waals surface area contributed by atoms with E-state index in [-0.39, 0.29) is 12.0 Å². The molecule has 1 aliphatic heterocycles. The molecule has 0 bridgehead atoms. The highest BCUT2D eigenvalue weighted by atomic mass is 16.5. The molecule has 0 radical (unpaired) electrons. The first-order chi connectivity index (χ1) is 11.1. The highest BCUT2D eigenvalue weighted by Gasteiger charge is 2.45. The first kappa shape index (κ1) is 15.6. The number of carbonyl (C=O) groups is 1. The van der Waals surface area contributed by atoms with E-state index in [1.165, 1.54) is 18.2 Å². The Kier molecular flexibility index (Phi) is 4.37. The second-order valence-electron chi connectivity index (χ2n) is 6.46. The summed E-state index contributed by atoms with van der Waals surface area (Å²) < 4.78 is 5.11. The highest BCUT2D eigenvalue weighted by Crippen LogP contribution is 2.39. The van der Waals surface area contributed by atoms with Crippen LogP contribution < -0.4 is 5.32 Å². The van der Waals surface area contributed by atoms with Crippen LogP contribution in [0.15, 0.2) is 54.6 Å². The number of para-hydroxylation sites is 1. The van der Waals surface area contributed by atoms with Crippen LogP contribution in [0.3, 0.4) is 0 Å². The van der Waals surface area contributed by atoms with Crippen molar-refractivity contribution in [1.29, 1.82) is 0 Å². The second kappa shape index (κ2) is 6.45. The van der Waals surface area contributed by atoms with E-state index in [1.54, 1.807) is 0 Å². The van der Waals surface area contributed by atoms with Crippen LogP contribution >= 0.6 is 0 Å². The fourth-order valence-corrected chi connectivity index (χ4v) is 3.48. The molecule has 1 aliphatic rings. The van der Waals surface area contributed by atoms with E-state index in [0.29, 0.717) is 6.42 Å². The quantitative estimate of drug-likeness (QED) is 0.872. The molecule has 2 aromatic rings. The smallest absolute Gasteiger partial charge is 0.313 e. The number of methoxy groups -OCH3 is 1. The molecule has 0 fully saturated rings. The fraction of sp³-hybridized carbons (Fsp3) is 0.350. The third-order valence-corrected chi connectivity index (χ3v) is 4.89. The molecule has 0 aromatic heterocycles. The molecule has 1 heterocycles. The number of nitrogens with one attached hydrogen (secondary N) is 1. The van der Waals surface area contributed by atoms with Crippen molar-refractivity contribution in [2.45, 2.75) is 32.2 Å². The van der Waals surface area contributed by atoms with Crippen molar-refractivity contribution in [2.24, 2.45) is 5.41 Å². The van der Waals surface area contributed by atoms with Gasteiger partial charge in [0.05, 0.1) is 12.5 Å². The normalized spacial score (nSPS) is 22.8. The van der Waals surface area contributed by atoms with E-state index in [4.69, 9.17) is 4.74 Å². The summed E-state index contributed by atoms with van der Waals surface area (Å²) in [5.74, 6) is -0.141. The first-order valence-corrected chi connectivity index (χ1v) is 8.10. The Hall–Kier alpha value is -2.29. The molecule has 3 nitrogen and oxygen atoms in total. The average molecular weight is 309 g/mol. The van der Waals surface area contributed by atoms with Gasteiger partial charge in [-0.3, -0.25) is 4.79 Å². The monoisotopic (exact) mass is 309 g/mol. The average Bonchev–Trinajstić information content (AvgIpc) is 2.60. The lowest BCUT2D eigenvalue weighted by atomic mass is 9.72. The van der Waals surface area contributed by atoms with Gasteiger partial charge in [0.2, 0.25) is 0 Å². The van der Waals surface area contributed by atoms with E-state index in [9.17, 15) is 4.79 Å². The summed E-state index contributed by atoms with van der Waals surface area (Å²) in [4.78, 5) is 12.5. The minimum atomic E-state index is -0.544. The van der Waals surface area contributed by atoms with Crippen LogP contribution in [0.2, 0.25) is 0 Å². The maximum atomic E-state index is 12.5. The maximum Gasteiger partial charge on any atom is 0.313 e. The van der Waals surface area contributed by atoms with Crippen molar-refractivity contribution in [2.75, 3.05) is 12.4 Å². The van der Waals surface area contributed by atoms with Gasteiger partial charge in [-0.15, -0.1) is 0 Å². The second-order valence-corrected chi connectivity index (χ2v) is 6.46. The number of aryl methyl sites for hydroxylation is 1. The van der Waals surface area contributed by atoms with Crippen LogP contribution in [0.4, 0.5) is 5.69 Å². The molecule has 0 saturated carbocycles. The molecule has 0 spiro atoms. The minimum Gasteiger partial charge on any atom is -0.469 e. The van der Waals surface area contributed by atoms with Gasteiger partial charge in [-0.05, 0) is 43.4 Å². The molecule has 120 valence electrons. The molecule has 3 heteroatoms. The predicted octanol–water partition coefficient (Wildman–Crippen LogP) is 3.84. The van der Waals surface area contributed by atoms with Crippen molar-refractivity contribution in [3.63, 3.8) is 0 Å². The topological polar surface area (TPSA) is 38.3 Å². The lowest BCUT2D eigenvalue weighted by Gasteiger charge is -2.41. The fourth-order valence-electron chi connectivity index (χ4n) is 3.48. The first-order valence-electron chi connectivity index (χ1n) is 8.10. The molecule has 0 unspecified atom stereocenters. The third-order valence-electron chi connectivity index (χ3n) is 4.89. The molecular formula is C20H23NO2. The van der Waals surface area contributed by atoms with Gasteiger partial charge in [-0.25, -0.2) is 0 Å². The Labute approximate surface area is 137 Å². The van der Waals surface area contributed by atoms with Gasteiger partial charge in [0.15, 0.2) is 0 Å². The molecule has 2 aromatic carbocycles. The molecule has 0 saturated heterocycles.